The van der Waals surface area contributed by atoms with Gasteiger partial charge in [0.1, 0.15) is 17.7 Å². The summed E-state index contributed by atoms with van der Waals surface area (Å²) in [6, 6.07) is 12.4. The van der Waals surface area contributed by atoms with Gasteiger partial charge in [0, 0.05) is 35.1 Å². The Balaban J connectivity index is 1.17. The molecule has 11 heteroatoms. The Morgan fingerprint density at radius 3 is 2.95 bits per heavy atom. The van der Waals surface area contributed by atoms with E-state index in [1.165, 1.54) is 12.4 Å². The molecule has 1 fully saturated rings. The van der Waals surface area contributed by atoms with Gasteiger partial charge in [-0.25, -0.2) is 24.1 Å². The van der Waals surface area contributed by atoms with Gasteiger partial charge in [-0.2, -0.15) is 0 Å². The van der Waals surface area contributed by atoms with E-state index in [-0.39, 0.29) is 17.8 Å². The number of likely N-dealkylation sites (tertiary alicyclic amines) is 1. The molecule has 5 aromatic rings. The lowest BCUT2D eigenvalue weighted by Gasteiger charge is -2.17. The molecule has 1 atom stereocenters. The van der Waals surface area contributed by atoms with E-state index in [4.69, 9.17) is 17.3 Å². The molecule has 0 radical (unpaired) electrons. The largest absolute Gasteiger partial charge is 0.382 e. The van der Waals surface area contributed by atoms with E-state index in [2.05, 4.69) is 25.3 Å². The molecule has 1 aliphatic heterocycles. The number of anilines is 1. The Bertz CT molecular complexity index is 1630. The van der Waals surface area contributed by atoms with Crippen molar-refractivity contribution in [2.24, 2.45) is 0 Å². The van der Waals surface area contributed by atoms with E-state index in [1.807, 2.05) is 28.8 Å². The van der Waals surface area contributed by atoms with Crippen molar-refractivity contribution in [3.8, 4) is 0 Å². The minimum absolute atomic E-state index is 0.00426. The minimum atomic E-state index is -0.220. The van der Waals surface area contributed by atoms with E-state index in [0.29, 0.717) is 53.7 Å². The van der Waals surface area contributed by atoms with Crippen molar-refractivity contribution in [2.45, 2.75) is 25.4 Å². The topological polar surface area (TPSA) is 118 Å². The standard InChI is InChI=1S/C26H24ClFN8O/c27-18-7-16-9-19(10-30-26(37)35-6-5-15(11-35)20-3-1-2-4-21(20)28)34-22(16)17(8-18)12-36-14-33-23-24(29)31-13-32-25(23)36/h1-4,7-9,13-15,34H,5-6,10-12H2,(H,30,37)(H2,29,31,32). The lowest BCUT2D eigenvalue weighted by molar-refractivity contribution is 0.207. The predicted molar refractivity (Wildman–Crippen MR) is 140 cm³/mol. The Hall–Kier alpha value is -4.18. The van der Waals surface area contributed by atoms with Crippen LogP contribution in [0, 0.1) is 5.82 Å². The molecule has 9 nitrogen and oxygen atoms in total. The number of rotatable bonds is 5. The van der Waals surface area contributed by atoms with Crippen LogP contribution in [0.5, 0.6) is 0 Å². The monoisotopic (exact) mass is 518 g/mol. The number of nitrogen functional groups attached to an aromatic ring is 1. The third kappa shape index (κ3) is 4.44. The lowest BCUT2D eigenvalue weighted by atomic mass is 9.98. The number of halogens is 2. The number of hydrogen-bond acceptors (Lipinski definition) is 5. The van der Waals surface area contributed by atoms with Crippen molar-refractivity contribution in [1.29, 1.82) is 0 Å². The molecule has 3 aromatic heterocycles. The number of aromatic amines is 1. The van der Waals surface area contributed by atoms with Gasteiger partial charge in [0.25, 0.3) is 0 Å². The van der Waals surface area contributed by atoms with Crippen LogP contribution in [0.15, 0.2) is 55.1 Å². The first-order valence-electron chi connectivity index (χ1n) is 11.9. The van der Waals surface area contributed by atoms with Crippen molar-refractivity contribution in [3.05, 3.63) is 82.8 Å². The first-order chi connectivity index (χ1) is 18.0. The molecule has 1 saturated heterocycles. The second-order valence-corrected chi connectivity index (χ2v) is 9.68. The highest BCUT2D eigenvalue weighted by Crippen LogP contribution is 2.29. The summed E-state index contributed by atoms with van der Waals surface area (Å²) in [7, 11) is 0. The molecular weight excluding hydrogens is 495 g/mol. The van der Waals surface area contributed by atoms with E-state index in [9.17, 15) is 9.18 Å². The Labute approximate surface area is 216 Å². The Morgan fingerprint density at radius 1 is 1.22 bits per heavy atom. The Kier molecular flexibility index (Phi) is 5.88. The van der Waals surface area contributed by atoms with Crippen molar-refractivity contribution in [3.63, 3.8) is 0 Å². The van der Waals surface area contributed by atoms with Gasteiger partial charge in [-0.3, -0.25) is 0 Å². The molecule has 188 valence electrons. The second kappa shape index (κ2) is 9.36. The van der Waals surface area contributed by atoms with Crippen LogP contribution in [-0.2, 0) is 13.1 Å². The molecule has 37 heavy (non-hydrogen) atoms. The first kappa shape index (κ1) is 23.2. The number of carbonyl (C=O) groups is 1. The number of nitrogens with zero attached hydrogens (tertiary/aromatic N) is 5. The number of nitrogens with one attached hydrogen (secondary N) is 2. The maximum Gasteiger partial charge on any atom is 0.317 e. The molecule has 6 rings (SSSR count). The van der Waals surface area contributed by atoms with Crippen LogP contribution in [0.3, 0.4) is 0 Å². The number of carbonyl (C=O) groups excluding carboxylic acids is 1. The molecular formula is C26H24ClFN8O. The summed E-state index contributed by atoms with van der Waals surface area (Å²) in [6.45, 7) is 1.88. The SMILES string of the molecule is Nc1ncnc2c1ncn2Cc1cc(Cl)cc2cc(CNC(=O)N3CCC(c4ccccc4F)C3)[nH]c12. The normalized spacial score (nSPS) is 15.6. The molecule has 0 saturated carbocycles. The molecule has 0 spiro atoms. The zero-order valence-corrected chi connectivity index (χ0v) is 20.5. The number of H-pyrrole nitrogens is 1. The number of fused-ring (bicyclic) bond motifs is 2. The lowest BCUT2D eigenvalue weighted by Crippen LogP contribution is -2.38. The van der Waals surface area contributed by atoms with Crippen molar-refractivity contribution in [1.82, 2.24) is 34.7 Å². The molecule has 0 bridgehead atoms. The smallest absolute Gasteiger partial charge is 0.317 e. The fourth-order valence-electron chi connectivity index (χ4n) is 5.04. The van der Waals surface area contributed by atoms with Gasteiger partial charge in [-0.1, -0.05) is 29.8 Å². The molecule has 4 N–H and O–H groups in total. The van der Waals surface area contributed by atoms with Gasteiger partial charge in [0.05, 0.1) is 24.9 Å². The maximum absolute atomic E-state index is 14.2. The number of hydrogen-bond donors (Lipinski definition) is 3. The predicted octanol–water partition coefficient (Wildman–Crippen LogP) is 4.43. The first-order valence-corrected chi connectivity index (χ1v) is 12.3. The van der Waals surface area contributed by atoms with E-state index < -0.39 is 0 Å². The van der Waals surface area contributed by atoms with Crippen LogP contribution >= 0.6 is 11.6 Å². The average Bonchev–Trinajstić information content (AvgIpc) is 3.62. The van der Waals surface area contributed by atoms with Crippen LogP contribution in [0.4, 0.5) is 15.0 Å². The third-order valence-electron chi connectivity index (χ3n) is 6.85. The van der Waals surface area contributed by atoms with Gasteiger partial charge in [-0.15, -0.1) is 0 Å². The van der Waals surface area contributed by atoms with Crippen molar-refractivity contribution in [2.75, 3.05) is 18.8 Å². The summed E-state index contributed by atoms with van der Waals surface area (Å²) in [4.78, 5) is 30.6. The van der Waals surface area contributed by atoms with Gasteiger partial charge in [0.15, 0.2) is 11.5 Å². The van der Waals surface area contributed by atoms with Crippen LogP contribution in [0.2, 0.25) is 5.02 Å². The summed E-state index contributed by atoms with van der Waals surface area (Å²) in [5, 5.41) is 4.52. The zero-order chi connectivity index (χ0) is 25.5. The van der Waals surface area contributed by atoms with E-state index in [0.717, 1.165) is 28.6 Å². The summed E-state index contributed by atoms with van der Waals surface area (Å²) in [5.74, 6) is 0.114. The highest BCUT2D eigenvalue weighted by molar-refractivity contribution is 6.31. The number of amides is 2. The van der Waals surface area contributed by atoms with Crippen LogP contribution in [-0.4, -0.2) is 48.5 Å². The second-order valence-electron chi connectivity index (χ2n) is 9.24. The minimum Gasteiger partial charge on any atom is -0.382 e. The summed E-state index contributed by atoms with van der Waals surface area (Å²) in [5.41, 5.74) is 10.5. The fraction of sp³-hybridized carbons (Fsp3) is 0.231. The fourth-order valence-corrected chi connectivity index (χ4v) is 5.29. The molecule has 2 aromatic carbocycles. The number of imidazole rings is 1. The number of urea groups is 1. The van der Waals surface area contributed by atoms with Crippen LogP contribution in [0.25, 0.3) is 22.1 Å². The number of aromatic nitrogens is 5. The van der Waals surface area contributed by atoms with Crippen molar-refractivity contribution < 1.29 is 9.18 Å². The average molecular weight is 519 g/mol. The quantitative estimate of drug-likeness (QED) is 0.318. The van der Waals surface area contributed by atoms with Gasteiger partial charge < -0.3 is 25.5 Å². The highest BCUT2D eigenvalue weighted by Gasteiger charge is 2.28. The molecule has 1 aliphatic rings. The summed E-state index contributed by atoms with van der Waals surface area (Å²) in [6.07, 6.45) is 3.83. The summed E-state index contributed by atoms with van der Waals surface area (Å²) < 4.78 is 16.1. The molecule has 4 heterocycles. The highest BCUT2D eigenvalue weighted by atomic mass is 35.5. The van der Waals surface area contributed by atoms with Gasteiger partial charge in [0.2, 0.25) is 0 Å². The molecule has 0 aliphatic carbocycles. The maximum atomic E-state index is 14.2. The van der Waals surface area contributed by atoms with Crippen molar-refractivity contribution >= 4 is 45.5 Å². The van der Waals surface area contributed by atoms with Gasteiger partial charge >= 0.3 is 6.03 Å². The number of benzene rings is 2. The van der Waals surface area contributed by atoms with Gasteiger partial charge in [-0.05, 0) is 41.8 Å². The number of nitrogens with two attached hydrogens (primary N) is 1. The molecule has 2 amide bonds. The Morgan fingerprint density at radius 2 is 2.08 bits per heavy atom. The summed E-state index contributed by atoms with van der Waals surface area (Å²) >= 11 is 6.42. The van der Waals surface area contributed by atoms with Crippen LogP contribution in [0.1, 0.15) is 29.2 Å². The molecule has 1 unspecified atom stereocenters. The zero-order valence-electron chi connectivity index (χ0n) is 19.8. The van der Waals surface area contributed by atoms with E-state index >= 15 is 0 Å². The van der Waals surface area contributed by atoms with E-state index in [1.54, 1.807) is 23.4 Å². The van der Waals surface area contributed by atoms with Crippen LogP contribution < -0.4 is 11.1 Å². The third-order valence-corrected chi connectivity index (χ3v) is 7.07.